The molecular formula is C20H30S2. The first-order chi connectivity index (χ1) is 10.00. The van der Waals surface area contributed by atoms with E-state index in [0.29, 0.717) is 22.7 Å². The molecule has 4 fully saturated rings. The van der Waals surface area contributed by atoms with Crippen LogP contribution in [0, 0.1) is 45.3 Å². The normalized spacial score (nSPS) is 54.5. The molecule has 122 valence electrons. The molecule has 0 aromatic heterocycles. The number of rotatable bonds is 1. The van der Waals surface area contributed by atoms with E-state index in [4.69, 9.17) is 24.4 Å². The fourth-order valence-electron chi connectivity index (χ4n) is 7.14. The Morgan fingerprint density at radius 3 is 1.23 bits per heavy atom. The van der Waals surface area contributed by atoms with E-state index < -0.39 is 0 Å². The molecule has 0 aliphatic heterocycles. The Morgan fingerprint density at radius 1 is 0.682 bits per heavy atom. The molecule has 0 radical (unpaired) electrons. The molecule has 22 heavy (non-hydrogen) atoms. The Labute approximate surface area is 146 Å². The molecule has 0 spiro atoms. The second-order valence-corrected chi connectivity index (χ2v) is 11.1. The van der Waals surface area contributed by atoms with Gasteiger partial charge >= 0.3 is 0 Å². The summed E-state index contributed by atoms with van der Waals surface area (Å²) in [6.07, 6.45) is 5.31. The van der Waals surface area contributed by atoms with E-state index in [2.05, 4.69) is 41.5 Å². The predicted molar refractivity (Wildman–Crippen MR) is 101 cm³/mol. The van der Waals surface area contributed by atoms with Crippen molar-refractivity contribution in [2.45, 2.75) is 67.2 Å². The van der Waals surface area contributed by atoms with Crippen LogP contribution in [-0.2, 0) is 0 Å². The van der Waals surface area contributed by atoms with E-state index in [-0.39, 0.29) is 10.8 Å². The van der Waals surface area contributed by atoms with Crippen LogP contribution >= 0.6 is 24.4 Å². The SMILES string of the molecule is CC1(C)[C@H]2CC[C@]1(C)C(=S)C2C1C(=S)[C@@]2(C)CC[C@@H]1C2(C)C. The molecule has 4 rings (SSSR count). The fraction of sp³-hybridized carbons (Fsp3) is 0.900. The zero-order valence-electron chi connectivity index (χ0n) is 15.0. The molecule has 0 saturated heterocycles. The molecule has 4 bridgehead atoms. The van der Waals surface area contributed by atoms with Crippen molar-refractivity contribution in [1.29, 1.82) is 0 Å². The molecule has 6 atom stereocenters. The van der Waals surface area contributed by atoms with Crippen LogP contribution in [0.3, 0.4) is 0 Å². The molecule has 2 heteroatoms. The smallest absolute Gasteiger partial charge is 0.00456 e. The van der Waals surface area contributed by atoms with Gasteiger partial charge < -0.3 is 0 Å². The van der Waals surface area contributed by atoms with Gasteiger partial charge in [-0.3, -0.25) is 0 Å². The van der Waals surface area contributed by atoms with E-state index in [1.807, 2.05) is 0 Å². The quantitative estimate of drug-likeness (QED) is 0.550. The Kier molecular flexibility index (Phi) is 2.88. The number of fused-ring (bicyclic) bond motifs is 4. The number of thiocarbonyl (C=S) groups is 2. The highest BCUT2D eigenvalue weighted by Crippen LogP contribution is 2.74. The van der Waals surface area contributed by atoms with Crippen LogP contribution in [0.5, 0.6) is 0 Å². The summed E-state index contributed by atoms with van der Waals surface area (Å²) in [5, 5.41) is 0. The summed E-state index contributed by atoms with van der Waals surface area (Å²) >= 11 is 12.2. The lowest BCUT2D eigenvalue weighted by molar-refractivity contribution is 0.135. The molecule has 0 aromatic rings. The monoisotopic (exact) mass is 334 g/mol. The lowest BCUT2D eigenvalue weighted by atomic mass is 9.68. The van der Waals surface area contributed by atoms with Gasteiger partial charge in [0.2, 0.25) is 0 Å². The maximum absolute atomic E-state index is 6.11. The third kappa shape index (κ3) is 1.35. The minimum atomic E-state index is 0.264. The van der Waals surface area contributed by atoms with Crippen molar-refractivity contribution in [3.8, 4) is 0 Å². The van der Waals surface area contributed by atoms with Gasteiger partial charge in [0, 0.05) is 32.4 Å². The lowest BCUT2D eigenvalue weighted by Gasteiger charge is -2.38. The van der Waals surface area contributed by atoms with Crippen LogP contribution in [0.2, 0.25) is 0 Å². The van der Waals surface area contributed by atoms with Gasteiger partial charge in [0.1, 0.15) is 0 Å². The molecule has 0 amide bonds. The van der Waals surface area contributed by atoms with Gasteiger partial charge in [-0.05, 0) is 48.3 Å². The second kappa shape index (κ2) is 4.04. The Balaban J connectivity index is 1.80. The van der Waals surface area contributed by atoms with Crippen molar-refractivity contribution < 1.29 is 0 Å². The standard InChI is InChI=1S/C20H30S2/c1-17(2)11-7-9-19(17,5)15(21)13(11)14-12-8-10-20(6,16(14)22)18(12,3)4/h11-14H,7-10H2,1-6H3/t11-,12-,13?,14?,19+,20+/m0/s1. The third-order valence-electron chi connectivity index (χ3n) is 9.56. The van der Waals surface area contributed by atoms with Gasteiger partial charge in [0.15, 0.2) is 0 Å². The van der Waals surface area contributed by atoms with Crippen molar-refractivity contribution in [1.82, 2.24) is 0 Å². The summed E-state index contributed by atoms with van der Waals surface area (Å²) < 4.78 is 0. The van der Waals surface area contributed by atoms with Crippen LogP contribution < -0.4 is 0 Å². The number of hydrogen-bond acceptors (Lipinski definition) is 2. The summed E-state index contributed by atoms with van der Waals surface area (Å²) in [4.78, 5) is 2.76. The molecule has 0 nitrogen and oxygen atoms in total. The van der Waals surface area contributed by atoms with E-state index in [1.165, 1.54) is 35.4 Å². The molecule has 0 heterocycles. The van der Waals surface area contributed by atoms with Crippen molar-refractivity contribution >= 4 is 34.2 Å². The van der Waals surface area contributed by atoms with Crippen LogP contribution in [0.1, 0.15) is 67.2 Å². The van der Waals surface area contributed by atoms with E-state index in [9.17, 15) is 0 Å². The van der Waals surface area contributed by atoms with Crippen molar-refractivity contribution in [2.24, 2.45) is 45.3 Å². The highest BCUT2D eigenvalue weighted by Gasteiger charge is 2.71. The number of hydrogen-bond donors (Lipinski definition) is 0. The zero-order valence-corrected chi connectivity index (χ0v) is 16.6. The summed E-state index contributed by atoms with van der Waals surface area (Å²) in [5.41, 5.74) is 1.24. The molecule has 0 aromatic carbocycles. The molecule has 4 saturated carbocycles. The minimum Gasteiger partial charge on any atom is -0.0887 e. The largest absolute Gasteiger partial charge is 0.0887 e. The van der Waals surface area contributed by atoms with Gasteiger partial charge in [0.25, 0.3) is 0 Å². The molecule has 2 unspecified atom stereocenters. The zero-order chi connectivity index (χ0) is 16.3. The minimum absolute atomic E-state index is 0.264. The highest BCUT2D eigenvalue weighted by atomic mass is 32.1. The Hall–Kier alpha value is 0.180. The van der Waals surface area contributed by atoms with E-state index >= 15 is 0 Å². The van der Waals surface area contributed by atoms with E-state index in [1.54, 1.807) is 0 Å². The first-order valence-corrected chi connectivity index (χ1v) is 9.90. The van der Waals surface area contributed by atoms with Crippen LogP contribution in [0.4, 0.5) is 0 Å². The van der Waals surface area contributed by atoms with E-state index in [0.717, 1.165) is 11.8 Å². The van der Waals surface area contributed by atoms with Crippen LogP contribution in [-0.4, -0.2) is 9.73 Å². The van der Waals surface area contributed by atoms with Crippen molar-refractivity contribution in [3.63, 3.8) is 0 Å². The fourth-order valence-corrected chi connectivity index (χ4v) is 8.49. The molecular weight excluding hydrogens is 304 g/mol. The summed E-state index contributed by atoms with van der Waals surface area (Å²) in [5.74, 6) is 2.68. The van der Waals surface area contributed by atoms with Gasteiger partial charge in [-0.1, -0.05) is 66.0 Å². The average molecular weight is 335 g/mol. The van der Waals surface area contributed by atoms with Gasteiger partial charge in [0.05, 0.1) is 0 Å². The van der Waals surface area contributed by atoms with Crippen LogP contribution in [0.25, 0.3) is 0 Å². The Bertz CT molecular complexity index is 535. The maximum Gasteiger partial charge on any atom is 0.00456 e. The molecule has 4 aliphatic carbocycles. The topological polar surface area (TPSA) is 0 Å². The molecule has 4 aliphatic rings. The van der Waals surface area contributed by atoms with Gasteiger partial charge in [-0.2, -0.15) is 0 Å². The maximum atomic E-state index is 6.11. The third-order valence-corrected chi connectivity index (χ3v) is 11.0. The highest BCUT2D eigenvalue weighted by molar-refractivity contribution is 7.81. The van der Waals surface area contributed by atoms with Crippen molar-refractivity contribution in [2.75, 3.05) is 0 Å². The van der Waals surface area contributed by atoms with Gasteiger partial charge in [-0.15, -0.1) is 0 Å². The van der Waals surface area contributed by atoms with Crippen LogP contribution in [0.15, 0.2) is 0 Å². The van der Waals surface area contributed by atoms with Gasteiger partial charge in [-0.25, -0.2) is 0 Å². The van der Waals surface area contributed by atoms with Crippen molar-refractivity contribution in [3.05, 3.63) is 0 Å². The Morgan fingerprint density at radius 2 is 1.00 bits per heavy atom. The average Bonchev–Trinajstić information content (AvgIpc) is 2.90. The lowest BCUT2D eigenvalue weighted by Crippen LogP contribution is -2.40. The second-order valence-electron chi connectivity index (χ2n) is 10.2. The molecule has 0 N–H and O–H groups in total. The summed E-state index contributed by atoms with van der Waals surface area (Å²) in [7, 11) is 0. The predicted octanol–water partition coefficient (Wildman–Crippen LogP) is 5.87. The first kappa shape index (κ1) is 15.7. The first-order valence-electron chi connectivity index (χ1n) is 9.09. The summed E-state index contributed by atoms with van der Waals surface area (Å²) in [6, 6.07) is 0. The summed E-state index contributed by atoms with van der Waals surface area (Å²) in [6.45, 7) is 14.8.